The molecule has 0 fully saturated rings. The molecule has 10 heteroatoms. The Morgan fingerprint density at radius 3 is 1.15 bits per heavy atom. The van der Waals surface area contributed by atoms with E-state index < -0.39 is 23.5 Å². The van der Waals surface area contributed by atoms with Crippen LogP contribution in [0.4, 0.5) is 37.7 Å². The van der Waals surface area contributed by atoms with Gasteiger partial charge in [-0.05, 0) is 94.8 Å². The lowest BCUT2D eigenvalue weighted by molar-refractivity contribution is -0.140. The first-order valence-corrected chi connectivity index (χ1v) is 14.3. The van der Waals surface area contributed by atoms with Gasteiger partial charge in [0.15, 0.2) is 0 Å². The van der Waals surface area contributed by atoms with Crippen LogP contribution in [0, 0.1) is 0 Å². The zero-order valence-electron chi connectivity index (χ0n) is 24.5. The molecule has 0 amide bonds. The van der Waals surface area contributed by atoms with Crippen molar-refractivity contribution in [2.24, 2.45) is 0 Å². The van der Waals surface area contributed by atoms with E-state index in [9.17, 15) is 26.3 Å². The Bertz CT molecular complexity index is 1660. The first-order chi connectivity index (χ1) is 21.8. The molecule has 0 radical (unpaired) electrons. The third kappa shape index (κ3) is 8.53. The molecule has 0 saturated heterocycles. The van der Waals surface area contributed by atoms with Crippen LogP contribution in [0.3, 0.4) is 0 Å². The van der Waals surface area contributed by atoms with Gasteiger partial charge in [0.25, 0.3) is 0 Å². The molecule has 0 heterocycles. The second kappa shape index (κ2) is 13.5. The van der Waals surface area contributed by atoms with Crippen LogP contribution in [-0.2, 0) is 38.4 Å². The van der Waals surface area contributed by atoms with Gasteiger partial charge in [-0.2, -0.15) is 26.3 Å². The van der Waals surface area contributed by atoms with E-state index in [1.165, 1.54) is 12.1 Å². The number of alkyl halides is 6. The van der Waals surface area contributed by atoms with Crippen LogP contribution in [-0.4, -0.2) is 0 Å². The molecule has 46 heavy (non-hydrogen) atoms. The number of ether oxygens (including phenoxy) is 2. The van der Waals surface area contributed by atoms with Crippen molar-refractivity contribution in [3.8, 4) is 11.5 Å². The second-order valence-electron chi connectivity index (χ2n) is 10.9. The molecule has 4 nitrogen and oxygen atoms in total. The molecule has 0 atom stereocenters. The molecule has 0 spiro atoms. The van der Waals surface area contributed by atoms with Gasteiger partial charge in [-0.15, -0.1) is 0 Å². The highest BCUT2D eigenvalue weighted by Crippen LogP contribution is 2.39. The molecule has 0 aliphatic rings. The number of rotatable bonds is 10. The standard InChI is InChI=1S/C36H30F6N2O2/c37-35(38,39)31-19-27(8-14-33(31)45-21-23-4-10-29(43)11-5-23)17-25-2-1-3-26(16-25)18-28-9-15-34(32(20-28)36(40,41)42)46-22-24-6-12-30(44)13-7-24/h1-16,19-20H,17-18,21-22,43-44H2. The first kappa shape index (κ1) is 32.3. The Morgan fingerprint density at radius 1 is 0.435 bits per heavy atom. The highest BCUT2D eigenvalue weighted by atomic mass is 19.4. The number of nitrogens with two attached hydrogens (primary N) is 2. The first-order valence-electron chi connectivity index (χ1n) is 14.3. The van der Waals surface area contributed by atoms with Crippen LogP contribution in [0.15, 0.2) is 109 Å². The monoisotopic (exact) mass is 636 g/mol. The lowest BCUT2D eigenvalue weighted by Crippen LogP contribution is -2.10. The molecule has 0 bridgehead atoms. The summed E-state index contributed by atoms with van der Waals surface area (Å²) < 4.78 is 94.8. The number of benzene rings is 5. The zero-order chi connectivity index (χ0) is 32.9. The average Bonchev–Trinajstić information content (AvgIpc) is 3.00. The summed E-state index contributed by atoms with van der Waals surface area (Å²) in [5.41, 5.74) is 14.2. The molecule has 5 aromatic rings. The highest BCUT2D eigenvalue weighted by molar-refractivity contribution is 5.45. The predicted molar refractivity (Wildman–Crippen MR) is 165 cm³/mol. The van der Waals surface area contributed by atoms with Crippen LogP contribution < -0.4 is 20.9 Å². The summed E-state index contributed by atoms with van der Waals surface area (Å²) in [7, 11) is 0. The van der Waals surface area contributed by atoms with Crippen LogP contribution in [0.1, 0.15) is 44.5 Å². The van der Waals surface area contributed by atoms with Crippen molar-refractivity contribution in [2.75, 3.05) is 11.5 Å². The van der Waals surface area contributed by atoms with E-state index in [-0.39, 0.29) is 37.6 Å². The Hall–Kier alpha value is -5.12. The Morgan fingerprint density at radius 2 is 0.783 bits per heavy atom. The van der Waals surface area contributed by atoms with Gasteiger partial charge in [-0.3, -0.25) is 0 Å². The van der Waals surface area contributed by atoms with Crippen LogP contribution in [0.25, 0.3) is 0 Å². The Balaban J connectivity index is 1.30. The van der Waals surface area contributed by atoms with Crippen molar-refractivity contribution >= 4 is 11.4 Å². The van der Waals surface area contributed by atoms with E-state index >= 15 is 0 Å². The zero-order valence-corrected chi connectivity index (χ0v) is 24.5. The summed E-state index contributed by atoms with van der Waals surface area (Å²) in [5, 5.41) is 0. The number of hydrogen-bond acceptors (Lipinski definition) is 4. The maximum absolute atomic E-state index is 14.0. The summed E-state index contributed by atoms with van der Waals surface area (Å²) in [6.45, 7) is -0.118. The molecule has 0 aromatic heterocycles. The van der Waals surface area contributed by atoms with Gasteiger partial charge in [0, 0.05) is 11.4 Å². The molecule has 4 N–H and O–H groups in total. The minimum Gasteiger partial charge on any atom is -0.488 e. The molecular weight excluding hydrogens is 606 g/mol. The van der Waals surface area contributed by atoms with Crippen LogP contribution >= 0.6 is 0 Å². The number of nitrogen functional groups attached to an aromatic ring is 2. The quantitative estimate of drug-likeness (QED) is 0.118. The van der Waals surface area contributed by atoms with E-state index in [0.717, 1.165) is 12.1 Å². The smallest absolute Gasteiger partial charge is 0.419 e. The van der Waals surface area contributed by atoms with Gasteiger partial charge in [-0.25, -0.2) is 0 Å². The van der Waals surface area contributed by atoms with Crippen molar-refractivity contribution in [3.05, 3.63) is 154 Å². The molecule has 0 saturated carbocycles. The predicted octanol–water partition coefficient (Wildman–Crippen LogP) is 9.23. The molecule has 0 unspecified atom stereocenters. The van der Waals surface area contributed by atoms with Crippen LogP contribution in [0.2, 0.25) is 0 Å². The van der Waals surface area contributed by atoms with Crippen molar-refractivity contribution in [1.82, 2.24) is 0 Å². The maximum atomic E-state index is 14.0. The summed E-state index contributed by atoms with van der Waals surface area (Å²) in [6.07, 6.45) is -8.92. The summed E-state index contributed by atoms with van der Waals surface area (Å²) in [5.74, 6) is -0.577. The lowest BCUT2D eigenvalue weighted by Gasteiger charge is -2.16. The van der Waals surface area contributed by atoms with Gasteiger partial charge in [0.2, 0.25) is 0 Å². The maximum Gasteiger partial charge on any atom is 0.419 e. The number of anilines is 2. The molecular formula is C36H30F6N2O2. The summed E-state index contributed by atoms with van der Waals surface area (Å²) >= 11 is 0. The molecule has 0 aliphatic heterocycles. The number of halogens is 6. The van der Waals surface area contributed by atoms with Crippen molar-refractivity contribution in [2.45, 2.75) is 38.4 Å². The van der Waals surface area contributed by atoms with E-state index in [0.29, 0.717) is 44.8 Å². The van der Waals surface area contributed by atoms with Crippen molar-refractivity contribution in [1.29, 1.82) is 0 Å². The fourth-order valence-corrected chi connectivity index (χ4v) is 4.94. The number of hydrogen-bond donors (Lipinski definition) is 2. The van der Waals surface area contributed by atoms with Crippen molar-refractivity contribution < 1.29 is 35.8 Å². The fraction of sp³-hybridized carbons (Fsp3) is 0.167. The molecule has 238 valence electrons. The third-order valence-electron chi connectivity index (χ3n) is 7.25. The molecule has 5 aromatic carbocycles. The van der Waals surface area contributed by atoms with Gasteiger partial charge in [-0.1, -0.05) is 60.7 Å². The minimum absolute atomic E-state index is 0.0590. The summed E-state index contributed by atoms with van der Waals surface area (Å²) in [6, 6.07) is 28.2. The Labute approximate surface area is 262 Å². The molecule has 0 aliphatic carbocycles. The third-order valence-corrected chi connectivity index (χ3v) is 7.25. The van der Waals surface area contributed by atoms with Crippen molar-refractivity contribution in [3.63, 3.8) is 0 Å². The highest BCUT2D eigenvalue weighted by Gasteiger charge is 2.35. The van der Waals surface area contributed by atoms with E-state index in [1.54, 1.807) is 84.9 Å². The van der Waals surface area contributed by atoms with E-state index in [1.807, 2.05) is 0 Å². The fourth-order valence-electron chi connectivity index (χ4n) is 4.94. The van der Waals surface area contributed by atoms with Gasteiger partial charge in [0.05, 0.1) is 11.1 Å². The molecule has 5 rings (SSSR count). The average molecular weight is 637 g/mol. The minimum atomic E-state index is -4.64. The summed E-state index contributed by atoms with van der Waals surface area (Å²) in [4.78, 5) is 0. The normalized spacial score (nSPS) is 11.8. The van der Waals surface area contributed by atoms with E-state index in [2.05, 4.69) is 0 Å². The van der Waals surface area contributed by atoms with Crippen LogP contribution in [0.5, 0.6) is 11.5 Å². The topological polar surface area (TPSA) is 70.5 Å². The van der Waals surface area contributed by atoms with Gasteiger partial charge < -0.3 is 20.9 Å². The van der Waals surface area contributed by atoms with E-state index in [4.69, 9.17) is 20.9 Å². The Kier molecular flexibility index (Phi) is 9.46. The largest absolute Gasteiger partial charge is 0.488 e. The van der Waals surface area contributed by atoms with Gasteiger partial charge >= 0.3 is 12.4 Å². The SMILES string of the molecule is Nc1ccc(COc2ccc(Cc3cccc(Cc4ccc(OCc5ccc(N)cc5)c(C(F)(F)F)c4)c3)cc2C(F)(F)F)cc1. The van der Waals surface area contributed by atoms with Gasteiger partial charge in [0.1, 0.15) is 24.7 Å². The lowest BCUT2D eigenvalue weighted by atomic mass is 9.97. The second-order valence-corrected chi connectivity index (χ2v) is 10.9.